The zero-order valence-electron chi connectivity index (χ0n) is 17.8. The second kappa shape index (κ2) is 9.14. The predicted octanol–water partition coefficient (Wildman–Crippen LogP) is 5.82. The SMILES string of the molecule is Cc1ccc2nc(-c3ccc(NC(=O)c4ccc(C(F)(F)F)cc4)cc3)sc2c1S(=O)(=O)[O-].[NH4+]. The minimum atomic E-state index is -4.68. The summed E-state index contributed by atoms with van der Waals surface area (Å²) in [5.74, 6) is -0.572. The maximum absolute atomic E-state index is 12.7. The summed E-state index contributed by atoms with van der Waals surface area (Å²) in [4.78, 5) is 16.4. The molecule has 4 rings (SSSR count). The van der Waals surface area contributed by atoms with Gasteiger partial charge in [0.2, 0.25) is 0 Å². The molecule has 1 heterocycles. The molecule has 0 spiro atoms. The number of anilines is 1. The number of nitrogens with zero attached hydrogens (tertiary/aromatic N) is 1. The van der Waals surface area contributed by atoms with Crippen molar-refractivity contribution in [2.24, 2.45) is 0 Å². The first-order chi connectivity index (χ1) is 15.4. The standard InChI is InChI=1S/C22H15F3N2O4S2.H3N/c1-12-2-11-17-18(19(12)33(29,30)31)32-21(27-17)14-5-9-16(10-6-14)26-20(28)13-3-7-15(8-4-13)22(23,24)25;/h2-11H,1H3,(H,26,28)(H,29,30,31);1H3. The number of thiazole rings is 1. The molecule has 34 heavy (non-hydrogen) atoms. The molecule has 1 aromatic heterocycles. The lowest BCUT2D eigenvalue weighted by Gasteiger charge is -2.10. The van der Waals surface area contributed by atoms with E-state index in [2.05, 4.69) is 10.3 Å². The van der Waals surface area contributed by atoms with Gasteiger partial charge in [-0.15, -0.1) is 11.3 Å². The van der Waals surface area contributed by atoms with Crippen molar-refractivity contribution in [2.45, 2.75) is 18.0 Å². The van der Waals surface area contributed by atoms with Crippen molar-refractivity contribution in [1.82, 2.24) is 11.1 Å². The Labute approximate surface area is 196 Å². The first kappa shape index (κ1) is 25.3. The van der Waals surface area contributed by atoms with Crippen molar-refractivity contribution in [2.75, 3.05) is 5.32 Å². The highest BCUT2D eigenvalue weighted by molar-refractivity contribution is 7.86. The Morgan fingerprint density at radius 3 is 2.18 bits per heavy atom. The highest BCUT2D eigenvalue weighted by atomic mass is 32.2. The zero-order valence-corrected chi connectivity index (χ0v) is 19.4. The lowest BCUT2D eigenvalue weighted by atomic mass is 10.1. The van der Waals surface area contributed by atoms with Crippen LogP contribution in [0.3, 0.4) is 0 Å². The molecule has 0 saturated carbocycles. The molecule has 0 radical (unpaired) electrons. The number of rotatable bonds is 4. The van der Waals surface area contributed by atoms with Gasteiger partial charge in [0.25, 0.3) is 5.91 Å². The van der Waals surface area contributed by atoms with Crippen molar-refractivity contribution in [3.8, 4) is 10.6 Å². The Kier molecular flexibility index (Phi) is 6.80. The van der Waals surface area contributed by atoms with E-state index < -0.39 is 27.8 Å². The van der Waals surface area contributed by atoms with Gasteiger partial charge in [0.1, 0.15) is 15.1 Å². The van der Waals surface area contributed by atoms with Crippen LogP contribution in [0, 0.1) is 6.92 Å². The topological polar surface area (TPSA) is 136 Å². The number of carbonyl (C=O) groups excluding carboxylic acids is 1. The number of carbonyl (C=O) groups is 1. The van der Waals surface area contributed by atoms with Gasteiger partial charge < -0.3 is 16.0 Å². The molecular weight excluding hydrogens is 491 g/mol. The average molecular weight is 510 g/mol. The predicted molar refractivity (Wildman–Crippen MR) is 123 cm³/mol. The monoisotopic (exact) mass is 509 g/mol. The summed E-state index contributed by atoms with van der Waals surface area (Å²) in [7, 11) is -4.68. The van der Waals surface area contributed by atoms with Crippen LogP contribution in [0.5, 0.6) is 0 Å². The second-order valence-electron chi connectivity index (χ2n) is 7.14. The van der Waals surface area contributed by atoms with E-state index in [9.17, 15) is 30.9 Å². The third-order valence-corrected chi connectivity index (χ3v) is 7.12. The van der Waals surface area contributed by atoms with Crippen LogP contribution in [-0.4, -0.2) is 23.9 Å². The molecule has 5 N–H and O–H groups in total. The van der Waals surface area contributed by atoms with Crippen LogP contribution in [0.1, 0.15) is 21.5 Å². The molecule has 0 bridgehead atoms. The number of alkyl halides is 3. The molecule has 0 unspecified atom stereocenters. The summed E-state index contributed by atoms with van der Waals surface area (Å²) in [6, 6.07) is 13.5. The molecule has 0 saturated heterocycles. The molecule has 0 aliphatic rings. The van der Waals surface area contributed by atoms with Gasteiger partial charge in [0.05, 0.1) is 20.7 Å². The van der Waals surface area contributed by atoms with E-state index in [0.29, 0.717) is 27.3 Å². The van der Waals surface area contributed by atoms with Crippen LogP contribution in [0.15, 0.2) is 65.6 Å². The fourth-order valence-corrected chi connectivity index (χ4v) is 5.50. The molecule has 7 nitrogen and oxygen atoms in total. The Bertz CT molecular complexity index is 1460. The summed E-state index contributed by atoms with van der Waals surface area (Å²) < 4.78 is 73.3. The molecule has 1 amide bonds. The van der Waals surface area contributed by atoms with Gasteiger partial charge in [0, 0.05) is 16.8 Å². The molecule has 0 aliphatic carbocycles. The summed E-state index contributed by atoms with van der Waals surface area (Å²) >= 11 is 1.07. The van der Waals surface area contributed by atoms with Crippen LogP contribution in [0.25, 0.3) is 20.8 Å². The first-order valence-electron chi connectivity index (χ1n) is 9.38. The number of nitrogens with one attached hydrogen (secondary N) is 1. The number of aryl methyl sites for hydroxylation is 1. The number of amides is 1. The van der Waals surface area contributed by atoms with Gasteiger partial charge in [-0.3, -0.25) is 4.79 Å². The Hall–Kier alpha value is -3.32. The summed E-state index contributed by atoms with van der Waals surface area (Å²) in [6.07, 6.45) is -4.48. The molecule has 0 fully saturated rings. The number of halogens is 3. The number of benzene rings is 3. The Morgan fingerprint density at radius 2 is 1.62 bits per heavy atom. The van der Waals surface area contributed by atoms with E-state index in [1.54, 1.807) is 30.3 Å². The number of hydrogen-bond acceptors (Lipinski definition) is 6. The van der Waals surface area contributed by atoms with Crippen LogP contribution < -0.4 is 11.5 Å². The second-order valence-corrected chi connectivity index (χ2v) is 9.46. The normalized spacial score (nSPS) is 11.8. The summed E-state index contributed by atoms with van der Waals surface area (Å²) in [5.41, 5.74) is 0.991. The fourth-order valence-electron chi connectivity index (χ4n) is 3.21. The zero-order chi connectivity index (χ0) is 24.0. The minimum Gasteiger partial charge on any atom is -0.744 e. The van der Waals surface area contributed by atoms with Gasteiger partial charge in [0.15, 0.2) is 0 Å². The van der Waals surface area contributed by atoms with Crippen molar-refractivity contribution in [1.29, 1.82) is 0 Å². The quantitative estimate of drug-likeness (QED) is 0.334. The van der Waals surface area contributed by atoms with Gasteiger partial charge in [-0.25, -0.2) is 13.4 Å². The van der Waals surface area contributed by atoms with Crippen molar-refractivity contribution < 1.29 is 30.9 Å². The van der Waals surface area contributed by atoms with Gasteiger partial charge in [-0.2, -0.15) is 13.2 Å². The lowest BCUT2D eigenvalue weighted by Crippen LogP contribution is -2.12. The van der Waals surface area contributed by atoms with Crippen LogP contribution in [0.4, 0.5) is 18.9 Å². The maximum atomic E-state index is 12.7. The maximum Gasteiger partial charge on any atom is 0.416 e. The Balaban J connectivity index is 0.00000324. The lowest BCUT2D eigenvalue weighted by molar-refractivity contribution is -0.137. The minimum absolute atomic E-state index is 0. The molecule has 178 valence electrons. The number of quaternary nitrogens is 1. The molecule has 0 aliphatic heterocycles. The highest BCUT2D eigenvalue weighted by Crippen LogP contribution is 2.36. The van der Waals surface area contributed by atoms with E-state index in [0.717, 1.165) is 35.6 Å². The van der Waals surface area contributed by atoms with Crippen molar-refractivity contribution in [3.05, 3.63) is 77.4 Å². The van der Waals surface area contributed by atoms with Gasteiger partial charge >= 0.3 is 6.18 Å². The Morgan fingerprint density at radius 1 is 1.00 bits per heavy atom. The van der Waals surface area contributed by atoms with Gasteiger partial charge in [-0.1, -0.05) is 6.07 Å². The fraction of sp³-hybridized carbons (Fsp3) is 0.0909. The van der Waals surface area contributed by atoms with Crippen molar-refractivity contribution >= 4 is 43.3 Å². The molecule has 12 heteroatoms. The number of hydrogen-bond donors (Lipinski definition) is 2. The summed E-state index contributed by atoms with van der Waals surface area (Å²) in [6.45, 7) is 1.54. The van der Waals surface area contributed by atoms with Crippen LogP contribution >= 0.6 is 11.3 Å². The van der Waals surface area contributed by atoms with E-state index in [4.69, 9.17) is 0 Å². The highest BCUT2D eigenvalue weighted by Gasteiger charge is 2.30. The molecule has 0 atom stereocenters. The number of fused-ring (bicyclic) bond motifs is 1. The summed E-state index contributed by atoms with van der Waals surface area (Å²) in [5, 5.41) is 3.09. The van der Waals surface area contributed by atoms with Crippen molar-refractivity contribution in [3.63, 3.8) is 0 Å². The molecule has 3 aromatic carbocycles. The number of aromatic nitrogens is 1. The largest absolute Gasteiger partial charge is 0.744 e. The van der Waals surface area contributed by atoms with E-state index in [1.165, 1.54) is 13.0 Å². The van der Waals surface area contributed by atoms with Gasteiger partial charge in [-0.05, 0) is 67.1 Å². The van der Waals surface area contributed by atoms with Crippen LogP contribution in [-0.2, 0) is 16.3 Å². The molecule has 4 aromatic rings. The van der Waals surface area contributed by atoms with Crippen LogP contribution in [0.2, 0.25) is 0 Å². The third kappa shape index (κ3) is 5.09. The third-order valence-electron chi connectivity index (χ3n) is 4.82. The smallest absolute Gasteiger partial charge is 0.416 e. The first-order valence-corrected chi connectivity index (χ1v) is 11.6. The molecular formula is C22H18F3N3O4S2. The van der Waals surface area contributed by atoms with E-state index >= 15 is 0 Å². The van der Waals surface area contributed by atoms with E-state index in [1.807, 2.05) is 0 Å². The van der Waals surface area contributed by atoms with E-state index in [-0.39, 0.29) is 21.3 Å². The average Bonchev–Trinajstić information content (AvgIpc) is 3.16.